The Hall–Kier alpha value is -1.63. The molecule has 8 atom stereocenters. The largest absolute Gasteiger partial charge is 0.394 e. The quantitative estimate of drug-likeness (QED) is 0.0250. The predicted octanol–water partition coefficient (Wildman–Crippen LogP) is 7.86. The second kappa shape index (κ2) is 34.4. The number of carbonyl (C=O) groups excluding carboxylic acids is 1. The maximum absolute atomic E-state index is 13.0. The molecule has 0 spiro atoms. The van der Waals surface area contributed by atoms with Gasteiger partial charge in [-0.15, -0.1) is 0 Å². The summed E-state index contributed by atoms with van der Waals surface area (Å²) in [7, 11) is 0. The van der Waals surface area contributed by atoms with Crippen LogP contribution >= 0.6 is 0 Å². The molecule has 0 aromatic carbocycles. The number of aliphatic hydroxyl groups is 6. The molecule has 0 saturated carbocycles. The number of amides is 1. The highest BCUT2D eigenvalue weighted by Crippen LogP contribution is 2.22. The van der Waals surface area contributed by atoms with E-state index in [1.807, 2.05) is 6.08 Å². The van der Waals surface area contributed by atoms with Gasteiger partial charge in [-0.1, -0.05) is 172 Å². The van der Waals surface area contributed by atoms with Crippen LogP contribution in [0.3, 0.4) is 0 Å². The Balaban J connectivity index is 2.57. The molecule has 55 heavy (non-hydrogen) atoms. The lowest BCUT2D eigenvalue weighted by atomic mass is 9.99. The van der Waals surface area contributed by atoms with Crippen molar-refractivity contribution < 1.29 is 44.9 Å². The first-order chi connectivity index (χ1) is 26.7. The number of hydrogen-bond acceptors (Lipinski definition) is 9. The molecule has 1 heterocycles. The van der Waals surface area contributed by atoms with Gasteiger partial charge in [-0.05, 0) is 45.4 Å². The van der Waals surface area contributed by atoms with Gasteiger partial charge >= 0.3 is 0 Å². The first kappa shape index (κ1) is 51.4. The Kier molecular flexibility index (Phi) is 32.2. The van der Waals surface area contributed by atoms with E-state index in [0.29, 0.717) is 6.42 Å². The first-order valence-electron chi connectivity index (χ1n) is 22.2. The van der Waals surface area contributed by atoms with Crippen LogP contribution in [0.5, 0.6) is 0 Å². The Morgan fingerprint density at radius 1 is 0.673 bits per heavy atom. The molecule has 1 fully saturated rings. The molecule has 0 aromatic heterocycles. The zero-order valence-corrected chi connectivity index (χ0v) is 35.0. The fourth-order valence-corrected chi connectivity index (χ4v) is 6.93. The second-order valence-electron chi connectivity index (χ2n) is 15.8. The Morgan fingerprint density at radius 3 is 1.73 bits per heavy atom. The molecular formula is C45H83NO9. The molecule has 7 N–H and O–H groups in total. The van der Waals surface area contributed by atoms with Crippen molar-refractivity contribution in [1.82, 2.24) is 5.32 Å². The van der Waals surface area contributed by atoms with E-state index in [-0.39, 0.29) is 6.61 Å². The summed E-state index contributed by atoms with van der Waals surface area (Å²) in [5.41, 5.74) is 1.36. The van der Waals surface area contributed by atoms with Crippen LogP contribution < -0.4 is 5.32 Å². The van der Waals surface area contributed by atoms with E-state index < -0.39 is 61.5 Å². The van der Waals surface area contributed by atoms with Crippen molar-refractivity contribution in [2.75, 3.05) is 13.2 Å². The molecule has 0 radical (unpaired) electrons. The zero-order valence-electron chi connectivity index (χ0n) is 35.0. The van der Waals surface area contributed by atoms with Gasteiger partial charge in [0.05, 0.1) is 25.4 Å². The van der Waals surface area contributed by atoms with E-state index in [2.05, 4.69) is 32.2 Å². The number of ether oxygens (including phenoxy) is 2. The topological polar surface area (TPSA) is 169 Å². The van der Waals surface area contributed by atoms with Crippen LogP contribution in [0.25, 0.3) is 0 Å². The summed E-state index contributed by atoms with van der Waals surface area (Å²) in [6.07, 6.45) is 29.1. The fraction of sp³-hybridized carbons (Fsp3) is 0.844. The lowest BCUT2D eigenvalue weighted by Gasteiger charge is -2.40. The predicted molar refractivity (Wildman–Crippen MR) is 222 cm³/mol. The Morgan fingerprint density at radius 2 is 1.18 bits per heavy atom. The molecule has 10 heteroatoms. The van der Waals surface area contributed by atoms with E-state index in [1.165, 1.54) is 134 Å². The van der Waals surface area contributed by atoms with Crippen molar-refractivity contribution >= 4 is 5.91 Å². The molecule has 1 rings (SSSR count). The minimum absolute atomic E-state index is 0.340. The minimum Gasteiger partial charge on any atom is -0.394 e. The normalized spacial score (nSPS) is 22.4. The summed E-state index contributed by atoms with van der Waals surface area (Å²) < 4.78 is 11.1. The van der Waals surface area contributed by atoms with Gasteiger partial charge < -0.3 is 45.4 Å². The number of carbonyl (C=O) groups is 1. The molecule has 322 valence electrons. The highest BCUT2D eigenvalue weighted by molar-refractivity contribution is 5.82. The van der Waals surface area contributed by atoms with E-state index in [0.717, 1.165) is 32.1 Å². The smallest absolute Gasteiger partial charge is 0.253 e. The molecule has 0 bridgehead atoms. The first-order valence-corrected chi connectivity index (χ1v) is 22.2. The molecule has 1 saturated heterocycles. The number of hydrogen-bond donors (Lipinski definition) is 7. The highest BCUT2D eigenvalue weighted by Gasteiger charge is 2.44. The van der Waals surface area contributed by atoms with Crippen LogP contribution in [-0.4, -0.2) is 98.7 Å². The summed E-state index contributed by atoms with van der Waals surface area (Å²) in [6, 6.07) is -1.03. The molecule has 8 unspecified atom stereocenters. The third-order valence-corrected chi connectivity index (χ3v) is 10.7. The standard InChI is InChI=1S/C45H83NO9/c1-4-6-8-10-12-14-16-18-20-22-24-28-33-39(49)44(53)46-37(35-54-45-43(52)42(51)41(50)40(34-47)55-45)38(48)32-29-25-27-31-36(3)30-26-23-21-19-17-15-13-11-9-7-5-2/h28-29,31-33,37-43,45,47-52H,4-27,30,34-35H2,1-3H3,(H,46,53). The lowest BCUT2D eigenvalue weighted by molar-refractivity contribution is -0.302. The molecule has 0 aliphatic carbocycles. The van der Waals surface area contributed by atoms with Crippen molar-refractivity contribution in [1.29, 1.82) is 0 Å². The van der Waals surface area contributed by atoms with Gasteiger partial charge in [-0.3, -0.25) is 4.79 Å². The maximum atomic E-state index is 13.0. The Labute approximate surface area is 334 Å². The summed E-state index contributed by atoms with van der Waals surface area (Å²) in [6.45, 7) is 5.70. The maximum Gasteiger partial charge on any atom is 0.253 e. The molecule has 10 nitrogen and oxygen atoms in total. The van der Waals surface area contributed by atoms with Crippen LogP contribution in [0.1, 0.15) is 181 Å². The van der Waals surface area contributed by atoms with E-state index in [4.69, 9.17) is 9.47 Å². The van der Waals surface area contributed by atoms with E-state index >= 15 is 0 Å². The van der Waals surface area contributed by atoms with Gasteiger partial charge in [0, 0.05) is 0 Å². The number of unbranched alkanes of at least 4 members (excludes halogenated alkanes) is 21. The van der Waals surface area contributed by atoms with Crippen LogP contribution in [-0.2, 0) is 14.3 Å². The van der Waals surface area contributed by atoms with Gasteiger partial charge in [0.25, 0.3) is 5.91 Å². The molecular weight excluding hydrogens is 698 g/mol. The van der Waals surface area contributed by atoms with Crippen molar-refractivity contribution in [2.24, 2.45) is 0 Å². The Bertz CT molecular complexity index is 1000. The number of rotatable bonds is 35. The highest BCUT2D eigenvalue weighted by atomic mass is 16.7. The van der Waals surface area contributed by atoms with Crippen LogP contribution in [0.2, 0.25) is 0 Å². The van der Waals surface area contributed by atoms with Gasteiger partial charge in [-0.2, -0.15) is 0 Å². The SMILES string of the molecule is CCCCCCCCCCCCC=CC(O)C(=O)NC(COC1OC(CO)C(O)C(O)C1O)C(O)C=CCCC=C(C)CCCCCCCCCCCCC. The van der Waals surface area contributed by atoms with Crippen molar-refractivity contribution in [3.8, 4) is 0 Å². The number of allylic oxidation sites excluding steroid dienone is 4. The molecule has 1 amide bonds. The van der Waals surface area contributed by atoms with Gasteiger partial charge in [0.1, 0.15) is 24.4 Å². The van der Waals surface area contributed by atoms with Crippen LogP contribution in [0.4, 0.5) is 0 Å². The van der Waals surface area contributed by atoms with E-state index in [9.17, 15) is 35.4 Å². The summed E-state index contributed by atoms with van der Waals surface area (Å²) in [4.78, 5) is 13.0. The lowest BCUT2D eigenvalue weighted by Crippen LogP contribution is -2.60. The van der Waals surface area contributed by atoms with Gasteiger partial charge in [-0.25, -0.2) is 0 Å². The zero-order chi connectivity index (χ0) is 40.5. The van der Waals surface area contributed by atoms with Crippen molar-refractivity contribution in [2.45, 2.75) is 230 Å². The summed E-state index contributed by atoms with van der Waals surface area (Å²) in [5.74, 6) is -0.713. The average Bonchev–Trinajstić information content (AvgIpc) is 3.18. The summed E-state index contributed by atoms with van der Waals surface area (Å²) >= 11 is 0. The molecule has 1 aliphatic rings. The monoisotopic (exact) mass is 782 g/mol. The molecule has 0 aromatic rings. The van der Waals surface area contributed by atoms with E-state index in [1.54, 1.807) is 12.2 Å². The minimum atomic E-state index is -1.62. The third-order valence-electron chi connectivity index (χ3n) is 10.7. The van der Waals surface area contributed by atoms with Gasteiger partial charge in [0.2, 0.25) is 0 Å². The van der Waals surface area contributed by atoms with Crippen LogP contribution in [0.15, 0.2) is 36.0 Å². The second-order valence-corrected chi connectivity index (χ2v) is 15.8. The van der Waals surface area contributed by atoms with Crippen molar-refractivity contribution in [3.63, 3.8) is 0 Å². The van der Waals surface area contributed by atoms with Crippen LogP contribution in [0, 0.1) is 0 Å². The number of aliphatic hydroxyl groups excluding tert-OH is 6. The molecule has 1 aliphatic heterocycles. The number of nitrogens with one attached hydrogen (secondary N) is 1. The third kappa shape index (κ3) is 25.4. The average molecular weight is 782 g/mol. The van der Waals surface area contributed by atoms with Gasteiger partial charge in [0.15, 0.2) is 12.4 Å². The summed E-state index contributed by atoms with van der Waals surface area (Å²) in [5, 5.41) is 64.5. The fourth-order valence-electron chi connectivity index (χ4n) is 6.93. The van der Waals surface area contributed by atoms with Crippen molar-refractivity contribution in [3.05, 3.63) is 36.0 Å².